The van der Waals surface area contributed by atoms with E-state index >= 15 is 0 Å². The van der Waals surface area contributed by atoms with Crippen LogP contribution in [-0.2, 0) is 28.6 Å². The van der Waals surface area contributed by atoms with Crippen LogP contribution in [0.3, 0.4) is 0 Å². The van der Waals surface area contributed by atoms with Crippen LogP contribution in [0.15, 0.2) is 72.9 Å². The second-order valence-corrected chi connectivity index (χ2v) is 23.1. The first-order valence-electron chi connectivity index (χ1n) is 34.4. The predicted molar refractivity (Wildman–Crippen MR) is 344 cm³/mol. The van der Waals surface area contributed by atoms with Gasteiger partial charge in [0, 0.05) is 19.3 Å². The fourth-order valence-electron chi connectivity index (χ4n) is 10.0. The van der Waals surface area contributed by atoms with Crippen LogP contribution in [0.1, 0.15) is 355 Å². The smallest absolute Gasteiger partial charge is 0.306 e. The molecule has 0 aliphatic carbocycles. The van der Waals surface area contributed by atoms with Gasteiger partial charge >= 0.3 is 17.9 Å². The molecule has 458 valence electrons. The Kier molecular flexibility index (Phi) is 64.7. The lowest BCUT2D eigenvalue weighted by molar-refractivity contribution is -0.167. The maximum atomic E-state index is 12.9. The summed E-state index contributed by atoms with van der Waals surface area (Å²) >= 11 is 0. The van der Waals surface area contributed by atoms with Crippen LogP contribution >= 0.6 is 0 Å². The van der Waals surface area contributed by atoms with Gasteiger partial charge in [0.2, 0.25) is 0 Å². The van der Waals surface area contributed by atoms with E-state index < -0.39 is 6.10 Å². The van der Waals surface area contributed by atoms with Crippen molar-refractivity contribution in [3.63, 3.8) is 0 Å². The van der Waals surface area contributed by atoms with Crippen LogP contribution in [-0.4, -0.2) is 37.2 Å². The summed E-state index contributed by atoms with van der Waals surface area (Å²) in [6, 6.07) is 0. The maximum absolute atomic E-state index is 12.9. The Labute approximate surface area is 491 Å². The number of hydrogen-bond donors (Lipinski definition) is 0. The van der Waals surface area contributed by atoms with Gasteiger partial charge in [-0.1, -0.05) is 299 Å². The van der Waals surface area contributed by atoms with Gasteiger partial charge in [-0.3, -0.25) is 14.4 Å². The first-order valence-corrected chi connectivity index (χ1v) is 34.4. The van der Waals surface area contributed by atoms with Crippen LogP contribution in [0.25, 0.3) is 0 Å². The molecule has 0 aromatic rings. The molecule has 0 saturated carbocycles. The molecule has 0 heterocycles. The van der Waals surface area contributed by atoms with E-state index in [9.17, 15) is 14.4 Å². The molecular weight excluding hydrogens is 973 g/mol. The van der Waals surface area contributed by atoms with E-state index in [1.807, 2.05) is 0 Å². The number of unbranched alkanes of at least 4 members (excludes halogenated alkanes) is 40. The summed E-state index contributed by atoms with van der Waals surface area (Å²) in [6.07, 6.45) is 87.9. The highest BCUT2D eigenvalue weighted by Gasteiger charge is 2.19. The third-order valence-corrected chi connectivity index (χ3v) is 15.2. The number of esters is 3. The van der Waals surface area contributed by atoms with Crippen molar-refractivity contribution in [3.05, 3.63) is 72.9 Å². The van der Waals surface area contributed by atoms with Crippen molar-refractivity contribution in [2.75, 3.05) is 13.2 Å². The molecule has 0 radical (unpaired) electrons. The average Bonchev–Trinajstić information content (AvgIpc) is 3.45. The summed E-state index contributed by atoms with van der Waals surface area (Å²) in [4.78, 5) is 38.3. The third kappa shape index (κ3) is 65.5. The number of ether oxygens (including phenoxy) is 3. The topological polar surface area (TPSA) is 78.9 Å². The third-order valence-electron chi connectivity index (χ3n) is 15.2. The molecule has 0 fully saturated rings. The summed E-state index contributed by atoms with van der Waals surface area (Å²) in [5.41, 5.74) is 0. The molecule has 79 heavy (non-hydrogen) atoms. The number of rotatable bonds is 63. The zero-order valence-corrected chi connectivity index (χ0v) is 52.6. The Balaban J connectivity index is 4.12. The van der Waals surface area contributed by atoms with Crippen molar-refractivity contribution >= 4 is 17.9 Å². The Bertz CT molecular complexity index is 1450. The Hall–Kier alpha value is -3.15. The van der Waals surface area contributed by atoms with Crippen LogP contribution < -0.4 is 0 Å². The molecule has 6 nitrogen and oxygen atoms in total. The number of hydrogen-bond acceptors (Lipinski definition) is 6. The molecule has 0 saturated heterocycles. The van der Waals surface area contributed by atoms with E-state index in [1.165, 1.54) is 218 Å². The normalized spacial score (nSPS) is 12.5. The standard InChI is InChI=1S/C73H130O6/c1-4-7-10-13-16-19-22-25-27-28-29-30-31-32-33-34-35-36-37-38-39-40-41-42-43-44-46-48-51-54-57-60-63-66-72(75)78-69-70(68-77-71(74)65-62-59-56-53-50-47-24-21-18-15-12-9-6-3)79-73(76)67-64-61-58-55-52-49-45-26-23-20-17-14-11-8-5-2/h7,10,16,19,21,24-27,29-30,45,70H,4-6,8-9,11-15,17-18,20,22-23,28,31-44,46-69H2,1-3H3/b10-7-,19-16-,24-21-,27-25-,30-29-,45-26-. The van der Waals surface area contributed by atoms with Crippen LogP contribution in [0, 0.1) is 0 Å². The number of carbonyl (C=O) groups is 3. The Morgan fingerprint density at radius 2 is 0.494 bits per heavy atom. The summed E-state index contributed by atoms with van der Waals surface area (Å²) in [6.45, 7) is 6.54. The van der Waals surface area contributed by atoms with E-state index in [0.717, 1.165) is 96.3 Å². The van der Waals surface area contributed by atoms with Crippen molar-refractivity contribution in [1.82, 2.24) is 0 Å². The van der Waals surface area contributed by atoms with Crippen molar-refractivity contribution in [2.24, 2.45) is 0 Å². The van der Waals surface area contributed by atoms with E-state index in [-0.39, 0.29) is 31.1 Å². The Morgan fingerprint density at radius 1 is 0.266 bits per heavy atom. The average molecular weight is 1100 g/mol. The van der Waals surface area contributed by atoms with Gasteiger partial charge in [-0.2, -0.15) is 0 Å². The van der Waals surface area contributed by atoms with Crippen molar-refractivity contribution in [3.8, 4) is 0 Å². The lowest BCUT2D eigenvalue weighted by atomic mass is 10.0. The zero-order chi connectivity index (χ0) is 57.1. The lowest BCUT2D eigenvalue weighted by Gasteiger charge is -2.18. The maximum Gasteiger partial charge on any atom is 0.306 e. The van der Waals surface area contributed by atoms with E-state index in [1.54, 1.807) is 0 Å². The quantitative estimate of drug-likeness (QED) is 0.0261. The minimum absolute atomic E-state index is 0.0767. The van der Waals surface area contributed by atoms with Gasteiger partial charge in [-0.15, -0.1) is 0 Å². The minimum Gasteiger partial charge on any atom is -0.462 e. The summed E-state index contributed by atoms with van der Waals surface area (Å²) in [5.74, 6) is -0.875. The largest absolute Gasteiger partial charge is 0.462 e. The molecule has 0 aromatic heterocycles. The monoisotopic (exact) mass is 1100 g/mol. The molecular formula is C73H130O6. The molecule has 1 unspecified atom stereocenters. The van der Waals surface area contributed by atoms with Crippen LogP contribution in [0.5, 0.6) is 0 Å². The van der Waals surface area contributed by atoms with Gasteiger partial charge < -0.3 is 14.2 Å². The van der Waals surface area contributed by atoms with Gasteiger partial charge in [0.1, 0.15) is 13.2 Å². The van der Waals surface area contributed by atoms with Crippen molar-refractivity contribution in [2.45, 2.75) is 361 Å². The van der Waals surface area contributed by atoms with Gasteiger partial charge in [-0.05, 0) is 109 Å². The molecule has 0 rings (SSSR count). The van der Waals surface area contributed by atoms with Gasteiger partial charge in [-0.25, -0.2) is 0 Å². The number of carbonyl (C=O) groups excluding carboxylic acids is 3. The van der Waals surface area contributed by atoms with Crippen molar-refractivity contribution in [1.29, 1.82) is 0 Å². The van der Waals surface area contributed by atoms with Crippen LogP contribution in [0.4, 0.5) is 0 Å². The zero-order valence-electron chi connectivity index (χ0n) is 52.6. The molecule has 0 amide bonds. The fourth-order valence-corrected chi connectivity index (χ4v) is 10.0. The molecule has 0 bridgehead atoms. The highest BCUT2D eigenvalue weighted by molar-refractivity contribution is 5.71. The van der Waals surface area contributed by atoms with Gasteiger partial charge in [0.25, 0.3) is 0 Å². The van der Waals surface area contributed by atoms with E-state index in [2.05, 4.69) is 93.7 Å². The fraction of sp³-hybridized carbons (Fsp3) is 0.795. The molecule has 0 N–H and O–H groups in total. The summed E-state index contributed by atoms with van der Waals surface area (Å²) in [7, 11) is 0. The molecule has 1 atom stereocenters. The molecule has 0 aliphatic heterocycles. The molecule has 0 aliphatic rings. The summed E-state index contributed by atoms with van der Waals surface area (Å²) in [5, 5.41) is 0. The number of allylic oxidation sites excluding steroid dienone is 12. The first-order chi connectivity index (χ1) is 39.0. The highest BCUT2D eigenvalue weighted by atomic mass is 16.6. The SMILES string of the molecule is CC/C=C\C/C=C\C/C=C\C/C=C\CCCCCCCCCCCCCCCCCCCCCCC(=O)OCC(COC(=O)CCCCCCC/C=C\CCCCCC)OC(=O)CCCCCCC/C=C\CCCCCCCC. The lowest BCUT2D eigenvalue weighted by Crippen LogP contribution is -2.30. The second-order valence-electron chi connectivity index (χ2n) is 23.1. The highest BCUT2D eigenvalue weighted by Crippen LogP contribution is 2.17. The van der Waals surface area contributed by atoms with Crippen molar-refractivity contribution < 1.29 is 28.6 Å². The van der Waals surface area contributed by atoms with Gasteiger partial charge in [0.05, 0.1) is 0 Å². The minimum atomic E-state index is -0.781. The predicted octanol–water partition coefficient (Wildman–Crippen LogP) is 23.7. The molecule has 0 aromatic carbocycles. The molecule has 0 spiro atoms. The molecule has 6 heteroatoms. The second kappa shape index (κ2) is 67.4. The van der Waals surface area contributed by atoms with E-state index in [4.69, 9.17) is 14.2 Å². The van der Waals surface area contributed by atoms with E-state index in [0.29, 0.717) is 19.3 Å². The van der Waals surface area contributed by atoms with Gasteiger partial charge in [0.15, 0.2) is 6.10 Å². The first kappa shape index (κ1) is 75.8. The Morgan fingerprint density at radius 3 is 0.797 bits per heavy atom. The van der Waals surface area contributed by atoms with Crippen LogP contribution in [0.2, 0.25) is 0 Å². The summed E-state index contributed by atoms with van der Waals surface area (Å²) < 4.78 is 16.9.